The third-order valence-electron chi connectivity index (χ3n) is 4.23. The Balaban J connectivity index is 1.70. The van der Waals surface area contributed by atoms with E-state index in [9.17, 15) is 4.79 Å². The van der Waals surface area contributed by atoms with Crippen molar-refractivity contribution >= 4 is 17.0 Å². The number of hydrogen-bond donors (Lipinski definition) is 2. The van der Waals surface area contributed by atoms with Crippen molar-refractivity contribution in [1.82, 2.24) is 14.9 Å². The van der Waals surface area contributed by atoms with Crippen LogP contribution in [0.2, 0.25) is 0 Å². The summed E-state index contributed by atoms with van der Waals surface area (Å²) in [4.78, 5) is 21.1. The zero-order valence-electron chi connectivity index (χ0n) is 11.5. The van der Waals surface area contributed by atoms with E-state index in [0.29, 0.717) is 5.92 Å². The highest BCUT2D eigenvalue weighted by Crippen LogP contribution is 2.28. The van der Waals surface area contributed by atoms with Crippen molar-refractivity contribution in [2.75, 3.05) is 13.1 Å². The van der Waals surface area contributed by atoms with Gasteiger partial charge in [0.15, 0.2) is 0 Å². The molecule has 0 amide bonds. The molecule has 2 N–H and O–H groups in total. The molecule has 1 atom stereocenters. The largest absolute Gasteiger partial charge is 0.480 e. The van der Waals surface area contributed by atoms with E-state index in [1.165, 1.54) is 0 Å². The van der Waals surface area contributed by atoms with E-state index in [1.807, 2.05) is 29.2 Å². The third kappa shape index (κ3) is 2.41. The van der Waals surface area contributed by atoms with Gasteiger partial charge in [-0.25, -0.2) is 4.98 Å². The summed E-state index contributed by atoms with van der Waals surface area (Å²) in [6.45, 7) is 3.38. The maximum atomic E-state index is 11.0. The van der Waals surface area contributed by atoms with E-state index in [-0.39, 0.29) is 0 Å². The molecule has 1 saturated heterocycles. The first kappa shape index (κ1) is 13.1. The first-order valence-corrected chi connectivity index (χ1v) is 7.06. The number of H-pyrrole nitrogens is 1. The lowest BCUT2D eigenvalue weighted by Gasteiger charge is -2.33. The lowest BCUT2D eigenvalue weighted by molar-refractivity contribution is -0.143. The van der Waals surface area contributed by atoms with Crippen LogP contribution in [0.15, 0.2) is 24.3 Å². The van der Waals surface area contributed by atoms with Crippen LogP contribution >= 0.6 is 0 Å². The minimum absolute atomic E-state index is 0.397. The van der Waals surface area contributed by atoms with Crippen molar-refractivity contribution in [1.29, 1.82) is 0 Å². The van der Waals surface area contributed by atoms with Gasteiger partial charge in [-0.3, -0.25) is 9.69 Å². The standard InChI is InChI=1S/C15H19N3O2/c1-10(15(19)20)18-8-6-11(7-9-18)14-16-12-4-2-3-5-13(12)17-14/h2-5,10-11H,6-9H2,1H3,(H,16,17)(H,19,20). The molecule has 1 aliphatic heterocycles. The molecule has 0 aliphatic carbocycles. The fourth-order valence-corrected chi connectivity index (χ4v) is 2.88. The molecular formula is C15H19N3O2. The second kappa shape index (κ2) is 5.25. The molecule has 1 fully saturated rings. The average Bonchev–Trinajstić information content (AvgIpc) is 2.90. The Kier molecular flexibility index (Phi) is 3.44. The quantitative estimate of drug-likeness (QED) is 0.899. The molecular weight excluding hydrogens is 254 g/mol. The van der Waals surface area contributed by atoms with Gasteiger partial charge in [0.25, 0.3) is 0 Å². The van der Waals surface area contributed by atoms with Crippen LogP contribution in [0.3, 0.4) is 0 Å². The molecule has 2 heterocycles. The van der Waals surface area contributed by atoms with Gasteiger partial charge >= 0.3 is 5.97 Å². The van der Waals surface area contributed by atoms with Gasteiger partial charge in [-0.05, 0) is 45.0 Å². The number of aromatic nitrogens is 2. The molecule has 1 aliphatic rings. The summed E-state index contributed by atoms with van der Waals surface area (Å²) in [5.74, 6) is 0.695. The summed E-state index contributed by atoms with van der Waals surface area (Å²) in [7, 11) is 0. The number of piperidine rings is 1. The van der Waals surface area contributed by atoms with E-state index < -0.39 is 12.0 Å². The lowest BCUT2D eigenvalue weighted by Crippen LogP contribution is -2.43. The summed E-state index contributed by atoms with van der Waals surface area (Å²) in [6.07, 6.45) is 1.91. The van der Waals surface area contributed by atoms with Crippen molar-refractivity contribution in [3.8, 4) is 0 Å². The Morgan fingerprint density at radius 2 is 2.10 bits per heavy atom. The fraction of sp³-hybridized carbons (Fsp3) is 0.467. The van der Waals surface area contributed by atoms with Gasteiger partial charge in [0, 0.05) is 5.92 Å². The van der Waals surface area contributed by atoms with Crippen LogP contribution in [0.1, 0.15) is 31.5 Å². The van der Waals surface area contributed by atoms with E-state index in [1.54, 1.807) is 6.92 Å². The highest BCUT2D eigenvalue weighted by Gasteiger charge is 2.28. The summed E-state index contributed by atoms with van der Waals surface area (Å²) in [5.41, 5.74) is 2.08. The van der Waals surface area contributed by atoms with Gasteiger partial charge in [0.05, 0.1) is 11.0 Å². The fourth-order valence-electron chi connectivity index (χ4n) is 2.88. The average molecular weight is 273 g/mol. The van der Waals surface area contributed by atoms with E-state index >= 15 is 0 Å². The van der Waals surface area contributed by atoms with Crippen molar-refractivity contribution < 1.29 is 9.90 Å². The molecule has 1 aromatic heterocycles. The number of rotatable bonds is 3. The van der Waals surface area contributed by atoms with Crippen LogP contribution in [0.5, 0.6) is 0 Å². The predicted octanol–water partition coefficient (Wildman–Crippen LogP) is 2.22. The van der Waals surface area contributed by atoms with Crippen molar-refractivity contribution in [2.24, 2.45) is 0 Å². The highest BCUT2D eigenvalue weighted by molar-refractivity contribution is 5.75. The molecule has 5 heteroatoms. The molecule has 1 unspecified atom stereocenters. The smallest absolute Gasteiger partial charge is 0.320 e. The zero-order valence-corrected chi connectivity index (χ0v) is 11.5. The number of likely N-dealkylation sites (tertiary alicyclic amines) is 1. The lowest BCUT2D eigenvalue weighted by atomic mass is 9.95. The van der Waals surface area contributed by atoms with Crippen LogP contribution in [-0.2, 0) is 4.79 Å². The number of benzene rings is 1. The van der Waals surface area contributed by atoms with Crippen molar-refractivity contribution in [3.63, 3.8) is 0 Å². The summed E-state index contributed by atoms with van der Waals surface area (Å²) >= 11 is 0. The maximum Gasteiger partial charge on any atom is 0.320 e. The van der Waals surface area contributed by atoms with E-state index in [0.717, 1.165) is 42.8 Å². The maximum absolute atomic E-state index is 11.0. The van der Waals surface area contributed by atoms with E-state index in [2.05, 4.69) is 9.97 Å². The first-order valence-electron chi connectivity index (χ1n) is 7.06. The van der Waals surface area contributed by atoms with Crippen LogP contribution in [0.25, 0.3) is 11.0 Å². The number of nitrogens with one attached hydrogen (secondary N) is 1. The number of aliphatic carboxylic acids is 1. The molecule has 2 aromatic rings. The minimum Gasteiger partial charge on any atom is -0.480 e. The van der Waals surface area contributed by atoms with Crippen molar-refractivity contribution in [3.05, 3.63) is 30.1 Å². The van der Waals surface area contributed by atoms with Gasteiger partial charge < -0.3 is 10.1 Å². The zero-order chi connectivity index (χ0) is 14.1. The molecule has 0 saturated carbocycles. The first-order chi connectivity index (χ1) is 9.65. The van der Waals surface area contributed by atoms with Crippen LogP contribution in [-0.4, -0.2) is 45.1 Å². The van der Waals surface area contributed by atoms with Gasteiger partial charge in [-0.1, -0.05) is 12.1 Å². The van der Waals surface area contributed by atoms with Gasteiger partial charge in [0.1, 0.15) is 11.9 Å². The molecule has 20 heavy (non-hydrogen) atoms. The van der Waals surface area contributed by atoms with Crippen LogP contribution < -0.4 is 0 Å². The van der Waals surface area contributed by atoms with Crippen molar-refractivity contribution in [2.45, 2.75) is 31.7 Å². The monoisotopic (exact) mass is 273 g/mol. The number of fused-ring (bicyclic) bond motifs is 1. The number of carbonyl (C=O) groups is 1. The Bertz CT molecular complexity index is 581. The second-order valence-corrected chi connectivity index (χ2v) is 5.46. The molecule has 5 nitrogen and oxygen atoms in total. The number of carboxylic acids is 1. The number of hydrogen-bond acceptors (Lipinski definition) is 3. The Hall–Kier alpha value is -1.88. The molecule has 106 valence electrons. The Labute approximate surface area is 117 Å². The third-order valence-corrected chi connectivity index (χ3v) is 4.23. The minimum atomic E-state index is -0.743. The number of imidazole rings is 1. The molecule has 3 rings (SSSR count). The number of carboxylic acid groups (broad SMARTS) is 1. The van der Waals surface area contributed by atoms with Crippen LogP contribution in [0.4, 0.5) is 0 Å². The normalized spacial score (nSPS) is 19.2. The SMILES string of the molecule is CC(C(=O)O)N1CCC(c2nc3ccccc3[nH]2)CC1. The van der Waals surface area contributed by atoms with Gasteiger partial charge in [-0.2, -0.15) is 0 Å². The molecule has 0 radical (unpaired) electrons. The number of para-hydroxylation sites is 2. The summed E-state index contributed by atoms with van der Waals surface area (Å²) < 4.78 is 0. The van der Waals surface area contributed by atoms with E-state index in [4.69, 9.17) is 5.11 Å². The summed E-state index contributed by atoms with van der Waals surface area (Å²) in [5, 5.41) is 9.05. The second-order valence-electron chi connectivity index (χ2n) is 5.46. The highest BCUT2D eigenvalue weighted by atomic mass is 16.4. The van der Waals surface area contributed by atoms with Gasteiger partial charge in [-0.15, -0.1) is 0 Å². The van der Waals surface area contributed by atoms with Gasteiger partial charge in [0.2, 0.25) is 0 Å². The Morgan fingerprint density at radius 1 is 1.40 bits per heavy atom. The number of aromatic amines is 1. The topological polar surface area (TPSA) is 69.2 Å². The molecule has 0 spiro atoms. The summed E-state index contributed by atoms with van der Waals surface area (Å²) in [6, 6.07) is 7.64. The Morgan fingerprint density at radius 3 is 2.75 bits per heavy atom. The molecule has 1 aromatic carbocycles. The molecule has 0 bridgehead atoms. The number of nitrogens with zero attached hydrogens (tertiary/aromatic N) is 2. The van der Waals surface area contributed by atoms with Crippen LogP contribution in [0, 0.1) is 0 Å². The predicted molar refractivity (Wildman–Crippen MR) is 76.7 cm³/mol.